The van der Waals surface area contributed by atoms with Gasteiger partial charge in [-0.1, -0.05) is 6.92 Å². The van der Waals surface area contributed by atoms with E-state index in [-0.39, 0.29) is 32.0 Å². The molecule has 202 valence electrons. The Balaban J connectivity index is 0.000000205. The smallest absolute Gasteiger partial charge is 0.247 e. The lowest BCUT2D eigenvalue weighted by atomic mass is 10.0. The quantitative estimate of drug-likeness (QED) is 0.482. The lowest BCUT2D eigenvalue weighted by Gasteiger charge is -2.27. The third-order valence-corrected chi connectivity index (χ3v) is 15.3. The van der Waals surface area contributed by atoms with E-state index in [9.17, 15) is 30.0 Å². The zero-order valence-electron chi connectivity index (χ0n) is 20.6. The lowest BCUT2D eigenvalue weighted by Crippen LogP contribution is -2.35. The van der Waals surface area contributed by atoms with Crippen LogP contribution < -0.4 is 15.8 Å². The average Bonchev–Trinajstić information content (AvgIpc) is 3.36. The van der Waals surface area contributed by atoms with Gasteiger partial charge in [0.05, 0.1) is 16.5 Å². The largest absolute Gasteiger partial charge is 0.349 e. The Bertz CT molecular complexity index is 1470. The minimum absolute atomic E-state index is 0.0287. The number of sulfone groups is 2. The van der Waals surface area contributed by atoms with Crippen molar-refractivity contribution in [2.24, 2.45) is 5.14 Å². The number of hydrogen-bond acceptors (Lipinski definition) is 10. The van der Waals surface area contributed by atoms with Crippen LogP contribution in [0.4, 0.5) is 0 Å². The summed E-state index contributed by atoms with van der Waals surface area (Å²) >= 11 is 2.03. The second-order valence-electron chi connectivity index (χ2n) is 9.00. The first-order chi connectivity index (χ1) is 16.5. The van der Waals surface area contributed by atoms with E-state index in [0.717, 1.165) is 17.0 Å². The van der Waals surface area contributed by atoms with Gasteiger partial charge < -0.3 is 10.6 Å². The fraction of sp³-hybridized carbons (Fsp3) is 0.571. The molecule has 0 saturated heterocycles. The fourth-order valence-corrected chi connectivity index (χ4v) is 12.2. The molecule has 2 aliphatic heterocycles. The van der Waals surface area contributed by atoms with Crippen LogP contribution in [0, 0.1) is 6.92 Å². The van der Waals surface area contributed by atoms with Crippen molar-refractivity contribution in [3.05, 3.63) is 28.1 Å². The van der Waals surface area contributed by atoms with E-state index in [1.807, 2.05) is 19.9 Å². The summed E-state index contributed by atoms with van der Waals surface area (Å²) < 4.78 is 71.9. The third kappa shape index (κ3) is 5.71. The summed E-state index contributed by atoms with van der Waals surface area (Å²) in [5.74, 6) is -0.309. The monoisotopic (exact) mass is 597 g/mol. The first kappa shape index (κ1) is 29.2. The van der Waals surface area contributed by atoms with Crippen molar-refractivity contribution in [3.63, 3.8) is 0 Å². The fourth-order valence-electron chi connectivity index (χ4n) is 4.31. The molecule has 0 saturated carbocycles. The number of thiophene rings is 2. The average molecular weight is 598 g/mol. The van der Waals surface area contributed by atoms with Crippen LogP contribution in [0.25, 0.3) is 0 Å². The molecule has 4 atom stereocenters. The number of carbonyl (C=O) groups excluding carboxylic acids is 1. The Labute approximate surface area is 220 Å². The third-order valence-electron chi connectivity index (χ3n) is 6.12. The number of amides is 1. The maximum Gasteiger partial charge on any atom is 0.247 e. The Hall–Kier alpha value is -1.36. The molecule has 0 fully saturated rings. The highest BCUT2D eigenvalue weighted by Gasteiger charge is 2.40. The van der Waals surface area contributed by atoms with Gasteiger partial charge in [0.1, 0.15) is 12.6 Å². The Morgan fingerprint density at radius 3 is 2.00 bits per heavy atom. The summed E-state index contributed by atoms with van der Waals surface area (Å²) in [4.78, 5) is 12.3. The number of sulfonamides is 1. The molecule has 4 N–H and O–H groups in total. The molecule has 15 heteroatoms. The van der Waals surface area contributed by atoms with E-state index in [4.69, 9.17) is 5.14 Å². The summed E-state index contributed by atoms with van der Waals surface area (Å²) in [7, 11) is -10.6. The van der Waals surface area contributed by atoms with Gasteiger partial charge >= 0.3 is 0 Å². The van der Waals surface area contributed by atoms with E-state index < -0.39 is 41.0 Å². The molecule has 36 heavy (non-hydrogen) atoms. The van der Waals surface area contributed by atoms with Gasteiger partial charge in [0.25, 0.3) is 0 Å². The number of carbonyl (C=O) groups is 1. The van der Waals surface area contributed by atoms with Crippen LogP contribution in [0.1, 0.15) is 68.6 Å². The van der Waals surface area contributed by atoms with Gasteiger partial charge in [0, 0.05) is 23.4 Å². The predicted molar refractivity (Wildman–Crippen MR) is 140 cm³/mol. The van der Waals surface area contributed by atoms with Gasteiger partial charge in [-0.3, -0.25) is 4.79 Å². The van der Waals surface area contributed by atoms with Crippen molar-refractivity contribution in [1.82, 2.24) is 10.6 Å². The molecule has 1 amide bonds. The van der Waals surface area contributed by atoms with Gasteiger partial charge in [-0.05, 0) is 57.9 Å². The van der Waals surface area contributed by atoms with E-state index in [0.29, 0.717) is 27.5 Å². The first-order valence-electron chi connectivity index (χ1n) is 11.2. The molecule has 10 nitrogen and oxygen atoms in total. The standard InChI is InChI=1S/C11H17NO2S2.C10H14N2O5S3/c1-4-12-10-6-8(3)16(13,14)11-9(10)5-7(2)15-11;1-5-3-8(12-6(2)13)7-4-9(20(11,16)17)18-10(7)19(5,14)15/h5,8,10,12H,4,6H2,1-3H3;4-5,8H,3H2,1-2H3,(H,12,13)(H2,11,16,17)/t8-,10+;5-,8+/m11/s1. The van der Waals surface area contributed by atoms with Gasteiger partial charge in [-0.2, -0.15) is 0 Å². The van der Waals surface area contributed by atoms with E-state index in [2.05, 4.69) is 10.6 Å². The summed E-state index contributed by atoms with van der Waals surface area (Å²) in [5.41, 5.74) is 1.27. The zero-order valence-corrected chi connectivity index (χ0v) is 24.6. The Morgan fingerprint density at radius 1 is 1.00 bits per heavy atom. The second kappa shape index (κ2) is 10.4. The van der Waals surface area contributed by atoms with Crippen molar-refractivity contribution in [2.75, 3.05) is 6.54 Å². The highest BCUT2D eigenvalue weighted by molar-refractivity contribution is 7.95. The van der Waals surface area contributed by atoms with Crippen LogP contribution in [0.2, 0.25) is 0 Å². The summed E-state index contributed by atoms with van der Waals surface area (Å²) in [5, 5.41) is 10.1. The molecule has 0 unspecified atom stereocenters. The number of hydrogen-bond donors (Lipinski definition) is 3. The molecule has 4 rings (SSSR count). The van der Waals surface area contributed by atoms with Crippen molar-refractivity contribution in [2.45, 2.75) is 82.7 Å². The summed E-state index contributed by atoms with van der Waals surface area (Å²) in [6.45, 7) is 9.53. The van der Waals surface area contributed by atoms with Crippen LogP contribution >= 0.6 is 22.7 Å². The molecule has 2 aliphatic rings. The maximum absolute atomic E-state index is 12.2. The minimum Gasteiger partial charge on any atom is -0.349 e. The molecule has 0 aliphatic carbocycles. The van der Waals surface area contributed by atoms with E-state index in [1.165, 1.54) is 31.3 Å². The van der Waals surface area contributed by atoms with Crippen molar-refractivity contribution in [1.29, 1.82) is 0 Å². The van der Waals surface area contributed by atoms with Gasteiger partial charge in [0.2, 0.25) is 15.9 Å². The number of primary sulfonamides is 1. The number of fused-ring (bicyclic) bond motifs is 2. The van der Waals surface area contributed by atoms with Crippen molar-refractivity contribution in [3.8, 4) is 0 Å². The number of nitrogens with two attached hydrogens (primary N) is 1. The topological polar surface area (TPSA) is 170 Å². The normalized spacial score (nSPS) is 26.2. The van der Waals surface area contributed by atoms with Crippen molar-refractivity contribution >= 4 is 58.3 Å². The number of nitrogens with one attached hydrogen (secondary N) is 2. The van der Waals surface area contributed by atoms with Crippen LogP contribution in [-0.4, -0.2) is 48.2 Å². The molecule has 2 aromatic rings. The molecule has 0 bridgehead atoms. The van der Waals surface area contributed by atoms with Crippen molar-refractivity contribution < 1.29 is 30.0 Å². The van der Waals surface area contributed by atoms with Gasteiger partial charge in [-0.15, -0.1) is 22.7 Å². The molecule has 4 heterocycles. The highest BCUT2D eigenvalue weighted by atomic mass is 32.3. The van der Waals surface area contributed by atoms with Gasteiger partial charge in [-0.25, -0.2) is 30.4 Å². The summed E-state index contributed by atoms with van der Waals surface area (Å²) in [6, 6.07) is 2.92. The minimum atomic E-state index is -3.98. The highest BCUT2D eigenvalue weighted by Crippen LogP contribution is 2.43. The van der Waals surface area contributed by atoms with Crippen LogP contribution in [0.15, 0.2) is 24.8 Å². The Morgan fingerprint density at radius 2 is 1.50 bits per heavy atom. The predicted octanol–water partition coefficient (Wildman–Crippen LogP) is 2.41. The molecule has 2 aromatic heterocycles. The molecule has 0 spiro atoms. The Kier molecular flexibility index (Phi) is 8.45. The molecular weight excluding hydrogens is 567 g/mol. The van der Waals surface area contributed by atoms with Crippen LogP contribution in [-0.2, 0) is 34.5 Å². The van der Waals surface area contributed by atoms with Crippen LogP contribution in [0.5, 0.6) is 0 Å². The maximum atomic E-state index is 12.2. The number of aryl methyl sites for hydroxylation is 1. The summed E-state index contributed by atoms with van der Waals surface area (Å²) in [6.07, 6.45) is 0.884. The van der Waals surface area contributed by atoms with Crippen LogP contribution in [0.3, 0.4) is 0 Å². The SMILES string of the molecule is CC(=O)N[C@H]1C[C@@H](C)S(=O)(=O)c2sc(S(N)(=O)=O)cc21.CCN[C@H]1C[C@@H](C)S(=O)(=O)c2sc(C)cc21. The molecule has 0 radical (unpaired) electrons. The second-order valence-corrected chi connectivity index (χ2v) is 18.2. The van der Waals surface area contributed by atoms with Gasteiger partial charge in [0.15, 0.2) is 19.7 Å². The number of rotatable bonds is 4. The zero-order chi connectivity index (χ0) is 27.2. The lowest BCUT2D eigenvalue weighted by molar-refractivity contribution is -0.119. The first-order valence-corrected chi connectivity index (χ1v) is 17.5. The van der Waals surface area contributed by atoms with E-state index >= 15 is 0 Å². The van der Waals surface area contributed by atoms with E-state index in [1.54, 1.807) is 6.92 Å². The molecule has 0 aromatic carbocycles. The molecular formula is C21H31N3O7S5.